The Morgan fingerprint density at radius 2 is 1.65 bits per heavy atom. The monoisotopic (exact) mass is 754 g/mol. The molecule has 16 heteroatoms. The number of amides is 5. The van der Waals surface area contributed by atoms with E-state index in [0.717, 1.165) is 5.56 Å². The van der Waals surface area contributed by atoms with Crippen molar-refractivity contribution in [3.63, 3.8) is 0 Å². The third kappa shape index (κ3) is 11.1. The van der Waals surface area contributed by atoms with Gasteiger partial charge in [0.1, 0.15) is 24.5 Å². The summed E-state index contributed by atoms with van der Waals surface area (Å²) in [5.74, 6) is -1.31. The first-order valence-electron chi connectivity index (χ1n) is 18.7. The zero-order valence-corrected chi connectivity index (χ0v) is 31.8. The maximum absolute atomic E-state index is 13.9. The van der Waals surface area contributed by atoms with Gasteiger partial charge in [0.15, 0.2) is 5.82 Å². The summed E-state index contributed by atoms with van der Waals surface area (Å²) >= 11 is 0. The van der Waals surface area contributed by atoms with Crippen LogP contribution in [0.25, 0.3) is 10.9 Å². The molecular weight excluding hydrogens is 704 g/mol. The van der Waals surface area contributed by atoms with Gasteiger partial charge in [-0.25, -0.2) is 14.6 Å². The molecule has 0 saturated carbocycles. The quantitative estimate of drug-likeness (QED) is 0.216. The SMILES string of the molecule is Cc1nc2n(n1)CC(=O)NCCN(C(=O)CCCn1cnc3ccccc3c1=O)CCCC(=O)N[C@@H](C)C(=O)N[C@H](Cc1ccccc1)C(=O)N[C@H]2C(C)C. The van der Waals surface area contributed by atoms with Gasteiger partial charge in [0, 0.05) is 45.4 Å². The average molecular weight is 755 g/mol. The van der Waals surface area contributed by atoms with Gasteiger partial charge in [0.05, 0.1) is 23.3 Å². The third-order valence-corrected chi connectivity index (χ3v) is 9.44. The van der Waals surface area contributed by atoms with Gasteiger partial charge in [0.25, 0.3) is 5.56 Å². The lowest BCUT2D eigenvalue weighted by Crippen LogP contribution is -2.54. The van der Waals surface area contributed by atoms with Crippen LogP contribution in [0.5, 0.6) is 0 Å². The summed E-state index contributed by atoms with van der Waals surface area (Å²) < 4.78 is 2.95. The topological polar surface area (TPSA) is 202 Å². The molecule has 0 spiro atoms. The number of para-hydroxylation sites is 1. The van der Waals surface area contributed by atoms with E-state index in [1.807, 2.05) is 50.2 Å². The van der Waals surface area contributed by atoms with Crippen LogP contribution in [0.1, 0.15) is 69.7 Å². The van der Waals surface area contributed by atoms with Crippen LogP contribution in [0.3, 0.4) is 0 Å². The lowest BCUT2D eigenvalue weighted by Gasteiger charge is -2.27. The Labute approximate surface area is 319 Å². The van der Waals surface area contributed by atoms with Crippen LogP contribution < -0.4 is 26.8 Å². The molecule has 4 aromatic rings. The fourth-order valence-corrected chi connectivity index (χ4v) is 6.47. The summed E-state index contributed by atoms with van der Waals surface area (Å²) in [7, 11) is 0. The second-order valence-corrected chi connectivity index (χ2v) is 14.1. The van der Waals surface area contributed by atoms with Crippen molar-refractivity contribution in [2.24, 2.45) is 5.92 Å². The van der Waals surface area contributed by atoms with Crippen molar-refractivity contribution in [2.75, 3.05) is 19.6 Å². The van der Waals surface area contributed by atoms with E-state index < -0.39 is 29.9 Å². The molecule has 55 heavy (non-hydrogen) atoms. The molecule has 4 N–H and O–H groups in total. The number of aryl methyl sites for hydroxylation is 2. The average Bonchev–Trinajstić information content (AvgIpc) is 3.52. The molecule has 0 radical (unpaired) electrons. The molecule has 0 fully saturated rings. The van der Waals surface area contributed by atoms with Crippen molar-refractivity contribution in [3.8, 4) is 0 Å². The second kappa shape index (κ2) is 18.9. The number of hydrogen-bond acceptors (Lipinski definition) is 9. The number of rotatable bonds is 7. The van der Waals surface area contributed by atoms with E-state index in [4.69, 9.17) is 0 Å². The molecule has 1 aliphatic heterocycles. The second-order valence-electron chi connectivity index (χ2n) is 14.1. The number of nitrogens with zero attached hydrogens (tertiary/aromatic N) is 6. The number of carbonyl (C=O) groups excluding carboxylic acids is 5. The molecule has 5 amide bonds. The molecular formula is C39H50N10O6. The molecule has 5 rings (SSSR count). The number of benzene rings is 2. The summed E-state index contributed by atoms with van der Waals surface area (Å²) in [6.07, 6.45) is 2.51. The standard InChI is InChI=1S/C39H50N10O6/c1-25(2)35-36-43-27(4)46-49(36)23-33(51)40-18-21-47(34(52)17-11-20-48-24-41-30-15-9-8-14-29(30)39(48)55)19-10-16-32(50)42-26(3)37(53)44-31(38(54)45-35)22-28-12-6-5-7-13-28/h5-9,12-15,24-26,31,35H,10-11,16-23H2,1-4H3,(H,40,51)(H,42,50)(H,44,53)(H,45,54)/t26-,31+,35-/m0/s1. The van der Waals surface area contributed by atoms with E-state index in [9.17, 15) is 28.8 Å². The highest BCUT2D eigenvalue weighted by molar-refractivity contribution is 5.92. The fraction of sp³-hybridized carbons (Fsp3) is 0.462. The minimum absolute atomic E-state index is 0.0321. The molecule has 2 aromatic carbocycles. The summed E-state index contributed by atoms with van der Waals surface area (Å²) in [5, 5.41) is 16.4. The molecule has 0 bridgehead atoms. The van der Waals surface area contributed by atoms with Crippen LogP contribution in [0.4, 0.5) is 0 Å². The van der Waals surface area contributed by atoms with Crippen LogP contribution in [0.15, 0.2) is 65.7 Å². The molecule has 292 valence electrons. The number of carbonyl (C=O) groups is 5. The minimum atomic E-state index is -0.988. The molecule has 3 heterocycles. The maximum atomic E-state index is 13.9. The number of hydrogen-bond donors (Lipinski definition) is 4. The lowest BCUT2D eigenvalue weighted by atomic mass is 10.0. The Bertz CT molecular complexity index is 2050. The predicted octanol–water partition coefficient (Wildman–Crippen LogP) is 1.56. The Morgan fingerprint density at radius 1 is 0.909 bits per heavy atom. The van der Waals surface area contributed by atoms with Crippen LogP contribution in [-0.2, 0) is 43.5 Å². The van der Waals surface area contributed by atoms with Gasteiger partial charge < -0.3 is 26.2 Å². The zero-order valence-electron chi connectivity index (χ0n) is 31.8. The van der Waals surface area contributed by atoms with Gasteiger partial charge in [-0.1, -0.05) is 56.3 Å². The zero-order chi connectivity index (χ0) is 39.5. The molecule has 0 aliphatic carbocycles. The molecule has 3 atom stereocenters. The van der Waals surface area contributed by atoms with Crippen LogP contribution in [0.2, 0.25) is 0 Å². The summed E-state index contributed by atoms with van der Waals surface area (Å²) in [6, 6.07) is 13.7. The van der Waals surface area contributed by atoms with E-state index >= 15 is 0 Å². The van der Waals surface area contributed by atoms with Crippen molar-refractivity contribution < 1.29 is 24.0 Å². The van der Waals surface area contributed by atoms with Crippen molar-refractivity contribution in [3.05, 3.63) is 88.5 Å². The number of fused-ring (bicyclic) bond motifs is 2. The summed E-state index contributed by atoms with van der Waals surface area (Å²) in [4.78, 5) is 90.5. The fourth-order valence-electron chi connectivity index (χ4n) is 6.47. The van der Waals surface area contributed by atoms with Gasteiger partial charge in [-0.2, -0.15) is 5.10 Å². The molecule has 1 aliphatic rings. The number of nitrogens with one attached hydrogen (secondary N) is 4. The van der Waals surface area contributed by atoms with E-state index in [1.54, 1.807) is 36.9 Å². The lowest BCUT2D eigenvalue weighted by molar-refractivity contribution is -0.133. The van der Waals surface area contributed by atoms with E-state index in [0.29, 0.717) is 41.9 Å². The van der Waals surface area contributed by atoms with Crippen molar-refractivity contribution >= 4 is 40.4 Å². The largest absolute Gasteiger partial charge is 0.353 e. The van der Waals surface area contributed by atoms with Crippen molar-refractivity contribution in [1.82, 2.24) is 50.5 Å². The summed E-state index contributed by atoms with van der Waals surface area (Å²) in [6.45, 7) is 7.71. The van der Waals surface area contributed by atoms with Crippen LogP contribution >= 0.6 is 0 Å². The first-order chi connectivity index (χ1) is 26.4. The maximum Gasteiger partial charge on any atom is 0.261 e. The van der Waals surface area contributed by atoms with Crippen LogP contribution in [0, 0.1) is 12.8 Å². The van der Waals surface area contributed by atoms with E-state index in [1.165, 1.54) is 15.6 Å². The molecule has 0 unspecified atom stereocenters. The van der Waals surface area contributed by atoms with E-state index in [-0.39, 0.29) is 74.6 Å². The van der Waals surface area contributed by atoms with Gasteiger partial charge in [-0.3, -0.25) is 33.3 Å². The van der Waals surface area contributed by atoms with Gasteiger partial charge in [0.2, 0.25) is 29.5 Å². The van der Waals surface area contributed by atoms with Crippen molar-refractivity contribution in [2.45, 2.75) is 91.0 Å². The predicted molar refractivity (Wildman–Crippen MR) is 204 cm³/mol. The van der Waals surface area contributed by atoms with Gasteiger partial charge >= 0.3 is 0 Å². The number of aromatic nitrogens is 5. The Hall–Kier alpha value is -5.93. The highest BCUT2D eigenvalue weighted by Crippen LogP contribution is 2.21. The third-order valence-electron chi connectivity index (χ3n) is 9.44. The Kier molecular flexibility index (Phi) is 13.8. The smallest absolute Gasteiger partial charge is 0.261 e. The summed E-state index contributed by atoms with van der Waals surface area (Å²) in [5.41, 5.74) is 1.24. The molecule has 16 nitrogen and oxygen atoms in total. The highest BCUT2D eigenvalue weighted by atomic mass is 16.2. The first kappa shape index (κ1) is 40.3. The van der Waals surface area contributed by atoms with E-state index in [2.05, 4.69) is 36.3 Å². The van der Waals surface area contributed by atoms with Crippen molar-refractivity contribution in [1.29, 1.82) is 0 Å². The Balaban J connectivity index is 1.32. The molecule has 2 aromatic heterocycles. The normalized spacial score (nSPS) is 19.6. The first-order valence-corrected chi connectivity index (χ1v) is 18.7. The van der Waals surface area contributed by atoms with Crippen LogP contribution in [-0.4, -0.2) is 90.5 Å². The molecule has 0 saturated heterocycles. The highest BCUT2D eigenvalue weighted by Gasteiger charge is 2.31. The van der Waals surface area contributed by atoms with Gasteiger partial charge in [-0.15, -0.1) is 0 Å². The van der Waals surface area contributed by atoms with Gasteiger partial charge in [-0.05, 0) is 50.3 Å². The minimum Gasteiger partial charge on any atom is -0.353 e. The Morgan fingerprint density at radius 3 is 2.42 bits per heavy atom.